The van der Waals surface area contributed by atoms with Crippen molar-refractivity contribution in [1.82, 2.24) is 19.9 Å². The molecule has 5 aromatic rings. The molecule has 0 bridgehead atoms. The van der Waals surface area contributed by atoms with Crippen LogP contribution in [0.5, 0.6) is 5.75 Å². The number of halogens is 1. The van der Waals surface area contributed by atoms with Crippen molar-refractivity contribution in [3.8, 4) is 16.9 Å². The van der Waals surface area contributed by atoms with Crippen molar-refractivity contribution in [2.24, 2.45) is 0 Å². The van der Waals surface area contributed by atoms with Crippen molar-refractivity contribution < 1.29 is 19.0 Å². The van der Waals surface area contributed by atoms with Gasteiger partial charge in [-0.25, -0.2) is 24.1 Å². The Balaban J connectivity index is 1.31. The average Bonchev–Trinajstić information content (AvgIpc) is 3.26. The van der Waals surface area contributed by atoms with Gasteiger partial charge in [-0.3, -0.25) is 4.90 Å². The second kappa shape index (κ2) is 10.3. The maximum absolute atomic E-state index is 13.5. The summed E-state index contributed by atoms with van der Waals surface area (Å²) < 4.78 is 19.6. The van der Waals surface area contributed by atoms with Gasteiger partial charge in [0, 0.05) is 36.8 Å². The second-order valence-electron chi connectivity index (χ2n) is 9.79. The lowest BCUT2D eigenvalue weighted by molar-refractivity contribution is 0.203. The fourth-order valence-electron chi connectivity index (χ4n) is 4.95. The number of aryl methyl sites for hydroxylation is 1. The molecule has 0 unspecified atom stereocenters. The lowest BCUT2D eigenvalue weighted by atomic mass is 10.0. The Hall–Kier alpha value is -4.99. The van der Waals surface area contributed by atoms with Gasteiger partial charge in [0.1, 0.15) is 30.3 Å². The van der Waals surface area contributed by atoms with E-state index >= 15 is 0 Å². The van der Waals surface area contributed by atoms with E-state index in [1.807, 2.05) is 37.3 Å². The predicted octanol–water partition coefficient (Wildman–Crippen LogP) is 5.57. The molecule has 0 atom stereocenters. The van der Waals surface area contributed by atoms with Crippen LogP contribution in [-0.4, -0.2) is 51.3 Å². The minimum Gasteiger partial charge on any atom is -0.491 e. The Kier molecular flexibility index (Phi) is 6.51. The number of imidazole rings is 1. The number of aromatic amines is 1. The summed E-state index contributed by atoms with van der Waals surface area (Å²) in [5.74, 6) is 1.67. The summed E-state index contributed by atoms with van der Waals surface area (Å²) in [4.78, 5) is 31.1. The lowest BCUT2D eigenvalue weighted by Gasteiger charge is -2.24. The van der Waals surface area contributed by atoms with Crippen LogP contribution in [0.4, 0.5) is 21.0 Å². The van der Waals surface area contributed by atoms with Crippen molar-refractivity contribution >= 4 is 28.9 Å². The molecule has 6 rings (SSSR count). The maximum Gasteiger partial charge on any atom is 0.413 e. The summed E-state index contributed by atoms with van der Waals surface area (Å²) in [5, 5.41) is 9.28. The van der Waals surface area contributed by atoms with Gasteiger partial charge in [0.15, 0.2) is 0 Å². The van der Waals surface area contributed by atoms with Gasteiger partial charge in [-0.1, -0.05) is 24.3 Å². The molecule has 0 saturated heterocycles. The highest BCUT2D eigenvalue weighted by Crippen LogP contribution is 2.33. The zero-order valence-electron chi connectivity index (χ0n) is 22.1. The molecule has 0 radical (unpaired) electrons. The molecule has 9 nitrogen and oxygen atoms in total. The van der Waals surface area contributed by atoms with Crippen LogP contribution in [-0.2, 0) is 13.0 Å². The largest absolute Gasteiger partial charge is 0.491 e. The molecule has 10 heteroatoms. The smallest absolute Gasteiger partial charge is 0.413 e. The Bertz CT molecular complexity index is 1720. The average molecular weight is 539 g/mol. The number of H-pyrrole nitrogens is 1. The van der Waals surface area contributed by atoms with E-state index in [9.17, 15) is 14.3 Å². The molecule has 3 heterocycles. The number of aromatic nitrogens is 4. The van der Waals surface area contributed by atoms with Crippen molar-refractivity contribution in [2.75, 3.05) is 30.0 Å². The van der Waals surface area contributed by atoms with E-state index in [0.29, 0.717) is 31.6 Å². The van der Waals surface area contributed by atoms with Crippen LogP contribution in [0, 0.1) is 12.7 Å². The highest BCUT2D eigenvalue weighted by atomic mass is 19.1. The molecule has 3 aromatic carbocycles. The van der Waals surface area contributed by atoms with E-state index in [1.165, 1.54) is 19.2 Å². The van der Waals surface area contributed by atoms with E-state index in [2.05, 4.69) is 30.9 Å². The third-order valence-corrected chi connectivity index (χ3v) is 7.18. The number of nitrogens with one attached hydrogen (secondary N) is 1. The van der Waals surface area contributed by atoms with Crippen molar-refractivity contribution in [3.05, 3.63) is 95.2 Å². The van der Waals surface area contributed by atoms with Crippen LogP contribution in [0.2, 0.25) is 0 Å². The topological polar surface area (TPSA) is 107 Å². The van der Waals surface area contributed by atoms with E-state index in [1.54, 1.807) is 18.5 Å². The second-order valence-corrected chi connectivity index (χ2v) is 9.79. The minimum absolute atomic E-state index is 0.262. The molecule has 1 aliphatic rings. The van der Waals surface area contributed by atoms with Gasteiger partial charge in [-0.05, 0) is 60.0 Å². The van der Waals surface area contributed by atoms with Gasteiger partial charge in [0.05, 0.1) is 17.6 Å². The van der Waals surface area contributed by atoms with E-state index in [0.717, 1.165) is 55.5 Å². The Morgan fingerprint density at radius 2 is 1.88 bits per heavy atom. The highest BCUT2D eigenvalue weighted by molar-refractivity contribution is 5.88. The van der Waals surface area contributed by atoms with Crippen LogP contribution in [0.25, 0.3) is 22.2 Å². The number of ether oxygens (including phenoxy) is 1. The number of carboxylic acid groups (broad SMARTS) is 1. The molecule has 0 fully saturated rings. The van der Waals surface area contributed by atoms with E-state index in [-0.39, 0.29) is 11.8 Å². The van der Waals surface area contributed by atoms with Crippen molar-refractivity contribution in [2.45, 2.75) is 19.9 Å². The van der Waals surface area contributed by atoms with Gasteiger partial charge in [-0.2, -0.15) is 0 Å². The molecular weight excluding hydrogens is 511 g/mol. The number of benzene rings is 3. The molecule has 1 amide bonds. The van der Waals surface area contributed by atoms with Crippen LogP contribution in [0.1, 0.15) is 22.4 Å². The van der Waals surface area contributed by atoms with Crippen molar-refractivity contribution in [1.29, 1.82) is 0 Å². The van der Waals surface area contributed by atoms with Crippen LogP contribution >= 0.6 is 0 Å². The third-order valence-electron chi connectivity index (χ3n) is 7.18. The van der Waals surface area contributed by atoms with E-state index < -0.39 is 6.09 Å². The first-order valence-corrected chi connectivity index (χ1v) is 12.9. The lowest BCUT2D eigenvalue weighted by Crippen LogP contribution is -2.28. The number of amides is 1. The normalized spacial score (nSPS) is 13.0. The Morgan fingerprint density at radius 1 is 1.10 bits per heavy atom. The Morgan fingerprint density at radius 3 is 2.67 bits per heavy atom. The zero-order chi connectivity index (χ0) is 27.8. The SMILES string of the molecule is Cc1ncnc(N2CCOc3ccc(-c4ccc5nc(N(C)C(=O)O)[nH]c5c4)cc3C2)c1Cc1ccc(F)cc1. The summed E-state index contributed by atoms with van der Waals surface area (Å²) in [6, 6.07) is 18.4. The number of fused-ring (bicyclic) bond motifs is 2. The van der Waals surface area contributed by atoms with Gasteiger partial charge < -0.3 is 19.7 Å². The number of hydrogen-bond acceptors (Lipinski definition) is 6. The van der Waals surface area contributed by atoms with Gasteiger partial charge in [0.2, 0.25) is 5.95 Å². The standard InChI is InChI=1S/C30H27FN6O3/c1-18-24(13-19-3-7-23(31)8-4-19)28(33-17-32-18)37-11-12-40-27-10-6-20(14-22(27)16-37)21-5-9-25-26(15-21)35-29(34-25)36(2)30(38)39/h3-10,14-15,17H,11-13,16H2,1-2H3,(H,34,35)(H,38,39). The summed E-state index contributed by atoms with van der Waals surface area (Å²) in [6.45, 7) is 3.72. The molecule has 0 spiro atoms. The molecule has 40 heavy (non-hydrogen) atoms. The number of carbonyl (C=O) groups is 1. The predicted molar refractivity (Wildman–Crippen MR) is 150 cm³/mol. The molecule has 1 aliphatic heterocycles. The summed E-state index contributed by atoms with van der Waals surface area (Å²) in [7, 11) is 1.45. The monoisotopic (exact) mass is 538 g/mol. The summed E-state index contributed by atoms with van der Waals surface area (Å²) >= 11 is 0. The van der Waals surface area contributed by atoms with Crippen LogP contribution < -0.4 is 14.5 Å². The third kappa shape index (κ3) is 4.91. The molecule has 2 N–H and O–H groups in total. The first-order chi connectivity index (χ1) is 19.4. The number of rotatable bonds is 5. The summed E-state index contributed by atoms with van der Waals surface area (Å²) in [5.41, 5.74) is 7.29. The highest BCUT2D eigenvalue weighted by Gasteiger charge is 2.22. The molecule has 202 valence electrons. The number of hydrogen-bond donors (Lipinski definition) is 2. The summed E-state index contributed by atoms with van der Waals surface area (Å²) in [6.07, 6.45) is 1.09. The maximum atomic E-state index is 13.5. The first-order valence-electron chi connectivity index (χ1n) is 12.9. The van der Waals surface area contributed by atoms with Crippen LogP contribution in [0.15, 0.2) is 67.0 Å². The van der Waals surface area contributed by atoms with Crippen LogP contribution in [0.3, 0.4) is 0 Å². The fourth-order valence-corrected chi connectivity index (χ4v) is 4.95. The number of nitrogens with zero attached hydrogens (tertiary/aromatic N) is 5. The fraction of sp³-hybridized carbons (Fsp3) is 0.200. The minimum atomic E-state index is -1.09. The quantitative estimate of drug-likeness (QED) is 0.301. The van der Waals surface area contributed by atoms with E-state index in [4.69, 9.17) is 4.74 Å². The molecule has 0 aliphatic carbocycles. The molecule has 2 aromatic heterocycles. The van der Waals surface area contributed by atoms with Gasteiger partial charge in [-0.15, -0.1) is 0 Å². The Labute approximate surface area is 229 Å². The zero-order valence-corrected chi connectivity index (χ0v) is 22.1. The molecular formula is C30H27FN6O3. The molecule has 0 saturated carbocycles. The number of anilines is 2. The first kappa shape index (κ1) is 25.3. The van der Waals surface area contributed by atoms with Crippen molar-refractivity contribution in [3.63, 3.8) is 0 Å². The van der Waals surface area contributed by atoms with Gasteiger partial charge in [0.25, 0.3) is 0 Å². The van der Waals surface area contributed by atoms with Gasteiger partial charge >= 0.3 is 6.09 Å².